The summed E-state index contributed by atoms with van der Waals surface area (Å²) in [5, 5.41) is 3.32. The van der Waals surface area contributed by atoms with E-state index in [1.54, 1.807) is 18.2 Å². The van der Waals surface area contributed by atoms with E-state index in [0.29, 0.717) is 21.7 Å². The summed E-state index contributed by atoms with van der Waals surface area (Å²) in [7, 11) is 0. The van der Waals surface area contributed by atoms with Gasteiger partial charge in [-0.05, 0) is 45.8 Å². The van der Waals surface area contributed by atoms with Crippen molar-refractivity contribution in [3.63, 3.8) is 0 Å². The first kappa shape index (κ1) is 13.3. The molecule has 0 bridgehead atoms. The maximum Gasteiger partial charge on any atom is 0.137 e. The molecule has 0 atom stereocenters. The van der Waals surface area contributed by atoms with Crippen LogP contribution in [0, 0.1) is 11.6 Å². The fourth-order valence-corrected chi connectivity index (χ4v) is 2.15. The van der Waals surface area contributed by atoms with Crippen molar-refractivity contribution >= 4 is 33.2 Å². The van der Waals surface area contributed by atoms with Crippen molar-refractivity contribution < 1.29 is 8.78 Å². The highest BCUT2D eigenvalue weighted by molar-refractivity contribution is 9.10. The molecule has 0 heterocycles. The van der Waals surface area contributed by atoms with Crippen LogP contribution >= 0.6 is 27.5 Å². The van der Waals surface area contributed by atoms with Gasteiger partial charge in [0.2, 0.25) is 0 Å². The van der Waals surface area contributed by atoms with E-state index in [1.807, 2.05) is 0 Å². The van der Waals surface area contributed by atoms with Crippen LogP contribution in [0.15, 0.2) is 40.9 Å². The Morgan fingerprint density at radius 1 is 1.17 bits per heavy atom. The Hall–Kier alpha value is -1.13. The quantitative estimate of drug-likeness (QED) is 0.834. The molecule has 0 saturated heterocycles. The topological polar surface area (TPSA) is 12.0 Å². The van der Waals surface area contributed by atoms with Gasteiger partial charge in [-0.15, -0.1) is 0 Å². The van der Waals surface area contributed by atoms with Crippen molar-refractivity contribution in [2.45, 2.75) is 6.54 Å². The lowest BCUT2D eigenvalue weighted by atomic mass is 10.2. The van der Waals surface area contributed by atoms with Crippen molar-refractivity contribution in [1.29, 1.82) is 0 Å². The third-order valence-electron chi connectivity index (χ3n) is 2.43. The van der Waals surface area contributed by atoms with Gasteiger partial charge in [-0.3, -0.25) is 0 Å². The van der Waals surface area contributed by atoms with Gasteiger partial charge in [-0.2, -0.15) is 0 Å². The molecule has 0 fully saturated rings. The van der Waals surface area contributed by atoms with Gasteiger partial charge in [0.25, 0.3) is 0 Å². The zero-order chi connectivity index (χ0) is 13.1. The van der Waals surface area contributed by atoms with E-state index in [-0.39, 0.29) is 5.82 Å². The summed E-state index contributed by atoms with van der Waals surface area (Å²) >= 11 is 9.05. The Morgan fingerprint density at radius 3 is 2.67 bits per heavy atom. The zero-order valence-electron chi connectivity index (χ0n) is 9.18. The Labute approximate surface area is 117 Å². The average molecular weight is 333 g/mol. The predicted octanol–water partition coefficient (Wildman–Crippen LogP) is 4.99. The second kappa shape index (κ2) is 5.67. The van der Waals surface area contributed by atoms with E-state index in [2.05, 4.69) is 21.2 Å². The van der Waals surface area contributed by atoms with Crippen molar-refractivity contribution in [2.75, 3.05) is 5.32 Å². The Balaban J connectivity index is 2.14. The number of anilines is 1. The molecule has 0 radical (unpaired) electrons. The van der Waals surface area contributed by atoms with Gasteiger partial charge in [-0.25, -0.2) is 8.78 Å². The van der Waals surface area contributed by atoms with E-state index in [1.165, 1.54) is 18.2 Å². The minimum absolute atomic E-state index is 0.294. The maximum absolute atomic E-state index is 13.3. The summed E-state index contributed by atoms with van der Waals surface area (Å²) in [6, 6.07) is 8.88. The van der Waals surface area contributed by atoms with Crippen molar-refractivity contribution in [3.8, 4) is 0 Å². The molecular weight excluding hydrogens is 324 g/mol. The van der Waals surface area contributed by atoms with Crippen LogP contribution in [0.25, 0.3) is 0 Å². The second-order valence-corrected chi connectivity index (χ2v) is 4.89. The van der Waals surface area contributed by atoms with Gasteiger partial charge in [-0.1, -0.05) is 23.7 Å². The standard InChI is InChI=1S/C13H9BrClF2N/c14-13-8(2-1-3-11(13)17)7-18-12-5-4-9(16)6-10(12)15/h1-6,18H,7H2. The zero-order valence-corrected chi connectivity index (χ0v) is 11.5. The minimum Gasteiger partial charge on any atom is -0.380 e. The number of hydrogen-bond donors (Lipinski definition) is 1. The highest BCUT2D eigenvalue weighted by Gasteiger charge is 2.06. The van der Waals surface area contributed by atoms with Crippen molar-refractivity contribution in [1.82, 2.24) is 0 Å². The summed E-state index contributed by atoms with van der Waals surface area (Å²) < 4.78 is 26.6. The first-order chi connectivity index (χ1) is 8.58. The third-order valence-corrected chi connectivity index (χ3v) is 3.63. The number of benzene rings is 2. The normalized spacial score (nSPS) is 10.4. The Morgan fingerprint density at radius 2 is 1.94 bits per heavy atom. The van der Waals surface area contributed by atoms with Gasteiger partial charge in [0.1, 0.15) is 11.6 Å². The van der Waals surface area contributed by atoms with Crippen LogP contribution in [0.3, 0.4) is 0 Å². The molecule has 1 N–H and O–H groups in total. The molecular formula is C13H9BrClF2N. The molecule has 1 nitrogen and oxygen atoms in total. The van der Waals surface area contributed by atoms with Crippen LogP contribution < -0.4 is 5.32 Å². The smallest absolute Gasteiger partial charge is 0.137 e. The molecule has 0 spiro atoms. The summed E-state index contributed by atoms with van der Waals surface area (Å²) in [5.74, 6) is -0.711. The van der Waals surface area contributed by atoms with E-state index in [4.69, 9.17) is 11.6 Å². The van der Waals surface area contributed by atoms with Crippen LogP contribution in [0.2, 0.25) is 5.02 Å². The molecule has 0 aromatic heterocycles. The molecule has 0 saturated carbocycles. The monoisotopic (exact) mass is 331 g/mol. The van der Waals surface area contributed by atoms with Gasteiger partial charge >= 0.3 is 0 Å². The predicted molar refractivity (Wildman–Crippen MR) is 72.8 cm³/mol. The second-order valence-electron chi connectivity index (χ2n) is 3.69. The lowest BCUT2D eigenvalue weighted by molar-refractivity contribution is 0.618. The molecule has 2 aromatic carbocycles. The highest BCUT2D eigenvalue weighted by atomic mass is 79.9. The molecule has 0 unspecified atom stereocenters. The van der Waals surface area contributed by atoms with E-state index in [0.717, 1.165) is 5.56 Å². The molecule has 2 aromatic rings. The van der Waals surface area contributed by atoms with E-state index >= 15 is 0 Å². The fourth-order valence-electron chi connectivity index (χ4n) is 1.51. The van der Waals surface area contributed by atoms with Crippen molar-refractivity contribution in [3.05, 3.63) is 63.1 Å². The SMILES string of the molecule is Fc1ccc(NCc2cccc(F)c2Br)c(Cl)c1. The lowest BCUT2D eigenvalue weighted by Crippen LogP contribution is -2.01. The lowest BCUT2D eigenvalue weighted by Gasteiger charge is -2.10. The van der Waals surface area contributed by atoms with E-state index < -0.39 is 5.82 Å². The van der Waals surface area contributed by atoms with Gasteiger partial charge in [0, 0.05) is 6.54 Å². The Bertz CT molecular complexity index is 575. The van der Waals surface area contributed by atoms with Crippen LogP contribution in [0.4, 0.5) is 14.5 Å². The maximum atomic E-state index is 13.3. The summed E-state index contributed by atoms with van der Waals surface area (Å²) in [4.78, 5) is 0. The van der Waals surface area contributed by atoms with Crippen LogP contribution in [0.5, 0.6) is 0 Å². The number of nitrogens with one attached hydrogen (secondary N) is 1. The number of rotatable bonds is 3. The first-order valence-corrected chi connectivity index (χ1v) is 6.37. The number of hydrogen-bond acceptors (Lipinski definition) is 1. The average Bonchev–Trinajstić information content (AvgIpc) is 2.33. The molecule has 0 amide bonds. The van der Waals surface area contributed by atoms with Gasteiger partial charge in [0.15, 0.2) is 0 Å². The van der Waals surface area contributed by atoms with Gasteiger partial charge in [0.05, 0.1) is 15.2 Å². The van der Waals surface area contributed by atoms with Gasteiger partial charge < -0.3 is 5.32 Å². The largest absolute Gasteiger partial charge is 0.380 e. The van der Waals surface area contributed by atoms with Crippen LogP contribution in [-0.2, 0) is 6.54 Å². The van der Waals surface area contributed by atoms with Crippen LogP contribution in [-0.4, -0.2) is 0 Å². The highest BCUT2D eigenvalue weighted by Crippen LogP contribution is 2.25. The van der Waals surface area contributed by atoms with Crippen molar-refractivity contribution in [2.24, 2.45) is 0 Å². The molecule has 18 heavy (non-hydrogen) atoms. The first-order valence-electron chi connectivity index (χ1n) is 5.20. The fraction of sp³-hybridized carbons (Fsp3) is 0.0769. The molecule has 0 aliphatic heterocycles. The number of halogens is 4. The Kier molecular flexibility index (Phi) is 4.19. The third kappa shape index (κ3) is 3.00. The molecule has 0 aliphatic rings. The summed E-state index contributed by atoms with van der Waals surface area (Å²) in [6.45, 7) is 0.393. The molecule has 94 valence electrons. The summed E-state index contributed by atoms with van der Waals surface area (Å²) in [5.41, 5.74) is 1.37. The van der Waals surface area contributed by atoms with Crippen LogP contribution in [0.1, 0.15) is 5.56 Å². The molecule has 5 heteroatoms. The van der Waals surface area contributed by atoms with E-state index in [9.17, 15) is 8.78 Å². The molecule has 0 aliphatic carbocycles. The minimum atomic E-state index is -0.391. The molecule has 2 rings (SSSR count). The summed E-state index contributed by atoms with van der Waals surface area (Å²) in [6.07, 6.45) is 0.